The van der Waals surface area contributed by atoms with Crippen LogP contribution < -0.4 is 11.1 Å². The Bertz CT molecular complexity index is 775. The van der Waals surface area contributed by atoms with E-state index in [-0.39, 0.29) is 16.9 Å². The first-order valence-electron chi connectivity index (χ1n) is 6.21. The molecule has 0 aliphatic heterocycles. The molecule has 9 heteroatoms. The summed E-state index contributed by atoms with van der Waals surface area (Å²) in [6.07, 6.45) is -4.54. The molecule has 0 fully saturated rings. The minimum absolute atomic E-state index is 0.0793. The van der Waals surface area contributed by atoms with Crippen LogP contribution in [-0.2, 0) is 6.18 Å². The van der Waals surface area contributed by atoms with Gasteiger partial charge in [0.1, 0.15) is 5.69 Å². The van der Waals surface area contributed by atoms with Gasteiger partial charge < -0.3 is 11.1 Å². The average Bonchev–Trinajstić information content (AvgIpc) is 2.46. The number of nitro benzene ring substituents is 1. The highest BCUT2D eigenvalue weighted by Crippen LogP contribution is 2.31. The van der Waals surface area contributed by atoms with Crippen LogP contribution in [0.2, 0.25) is 0 Å². The summed E-state index contributed by atoms with van der Waals surface area (Å²) >= 11 is 0. The minimum atomic E-state index is -4.54. The van der Waals surface area contributed by atoms with Gasteiger partial charge in [0.2, 0.25) is 0 Å². The summed E-state index contributed by atoms with van der Waals surface area (Å²) in [6, 6.07) is 7.43. The highest BCUT2D eigenvalue weighted by molar-refractivity contribution is 6.05. The fourth-order valence-electron chi connectivity index (χ4n) is 1.82. The van der Waals surface area contributed by atoms with E-state index in [0.29, 0.717) is 0 Å². The molecule has 0 saturated carbocycles. The van der Waals surface area contributed by atoms with E-state index < -0.39 is 28.3 Å². The second-order valence-electron chi connectivity index (χ2n) is 4.56. The molecule has 6 nitrogen and oxygen atoms in total. The lowest BCUT2D eigenvalue weighted by Gasteiger charge is -2.10. The number of hydrogen-bond acceptors (Lipinski definition) is 4. The SMILES string of the molecule is Nc1ccc(C(=O)Nc2cccc(C(F)(F)F)c2)cc1[N+](=O)[O-]. The fraction of sp³-hybridized carbons (Fsp3) is 0.0714. The van der Waals surface area contributed by atoms with Crippen LogP contribution in [0.1, 0.15) is 15.9 Å². The summed E-state index contributed by atoms with van der Waals surface area (Å²) < 4.78 is 37.8. The van der Waals surface area contributed by atoms with Gasteiger partial charge in [0.25, 0.3) is 11.6 Å². The van der Waals surface area contributed by atoms with E-state index in [0.717, 1.165) is 24.3 Å². The van der Waals surface area contributed by atoms with Gasteiger partial charge in [-0.2, -0.15) is 13.2 Å². The molecule has 0 unspecified atom stereocenters. The number of amides is 1. The van der Waals surface area contributed by atoms with Crippen LogP contribution in [0.5, 0.6) is 0 Å². The first kappa shape index (κ1) is 16.3. The molecule has 0 aromatic heterocycles. The minimum Gasteiger partial charge on any atom is -0.393 e. The van der Waals surface area contributed by atoms with Gasteiger partial charge in [-0.3, -0.25) is 14.9 Å². The number of carbonyl (C=O) groups excluding carboxylic acids is 1. The molecule has 1 amide bonds. The zero-order valence-electron chi connectivity index (χ0n) is 11.4. The van der Waals surface area contributed by atoms with Crippen LogP contribution in [0.25, 0.3) is 0 Å². The number of nitrogens with two attached hydrogens (primary N) is 1. The molecule has 0 heterocycles. The number of hydrogen-bond donors (Lipinski definition) is 2. The Labute approximate surface area is 127 Å². The van der Waals surface area contributed by atoms with Crippen molar-refractivity contribution in [3.05, 3.63) is 63.7 Å². The van der Waals surface area contributed by atoms with Crippen molar-refractivity contribution in [2.45, 2.75) is 6.18 Å². The van der Waals surface area contributed by atoms with Gasteiger partial charge >= 0.3 is 6.18 Å². The van der Waals surface area contributed by atoms with Crippen LogP contribution in [-0.4, -0.2) is 10.8 Å². The molecule has 120 valence electrons. The average molecular weight is 325 g/mol. The molecule has 0 spiro atoms. The van der Waals surface area contributed by atoms with E-state index in [9.17, 15) is 28.1 Å². The van der Waals surface area contributed by atoms with Crippen molar-refractivity contribution in [1.82, 2.24) is 0 Å². The maximum Gasteiger partial charge on any atom is 0.416 e. The molecule has 2 aromatic carbocycles. The van der Waals surface area contributed by atoms with Crippen molar-refractivity contribution < 1.29 is 22.9 Å². The Balaban J connectivity index is 2.26. The van der Waals surface area contributed by atoms with Crippen molar-refractivity contribution in [2.24, 2.45) is 0 Å². The van der Waals surface area contributed by atoms with Gasteiger partial charge in [0.05, 0.1) is 10.5 Å². The molecule has 23 heavy (non-hydrogen) atoms. The van der Waals surface area contributed by atoms with Crippen LogP contribution in [0.4, 0.5) is 30.2 Å². The second-order valence-corrected chi connectivity index (χ2v) is 4.56. The Morgan fingerprint density at radius 1 is 1.17 bits per heavy atom. The van der Waals surface area contributed by atoms with Gasteiger partial charge in [-0.15, -0.1) is 0 Å². The Hall–Kier alpha value is -3.10. The summed E-state index contributed by atoms with van der Waals surface area (Å²) in [5.74, 6) is -0.785. The first-order chi connectivity index (χ1) is 10.7. The van der Waals surface area contributed by atoms with Crippen molar-refractivity contribution in [2.75, 3.05) is 11.1 Å². The maximum absolute atomic E-state index is 12.6. The van der Waals surface area contributed by atoms with Crippen molar-refractivity contribution in [1.29, 1.82) is 0 Å². The van der Waals surface area contributed by atoms with Crippen LogP contribution >= 0.6 is 0 Å². The third kappa shape index (κ3) is 3.76. The van der Waals surface area contributed by atoms with Gasteiger partial charge in [-0.1, -0.05) is 6.07 Å². The number of alkyl halides is 3. The van der Waals surface area contributed by atoms with Crippen molar-refractivity contribution in [3.63, 3.8) is 0 Å². The van der Waals surface area contributed by atoms with E-state index >= 15 is 0 Å². The van der Waals surface area contributed by atoms with E-state index in [1.54, 1.807) is 0 Å². The summed E-state index contributed by atoms with van der Waals surface area (Å²) in [5.41, 5.74) is 3.74. The predicted octanol–water partition coefficient (Wildman–Crippen LogP) is 3.45. The van der Waals surface area contributed by atoms with Gasteiger partial charge in [-0.25, -0.2) is 0 Å². The summed E-state index contributed by atoms with van der Waals surface area (Å²) in [6.45, 7) is 0. The molecule has 2 aromatic rings. The highest BCUT2D eigenvalue weighted by atomic mass is 19.4. The number of nitrogens with one attached hydrogen (secondary N) is 1. The molecule has 0 atom stereocenters. The van der Waals surface area contributed by atoms with E-state index in [1.807, 2.05) is 0 Å². The molecule has 2 rings (SSSR count). The van der Waals surface area contributed by atoms with Crippen LogP contribution in [0.15, 0.2) is 42.5 Å². The summed E-state index contributed by atoms with van der Waals surface area (Å²) in [4.78, 5) is 22.0. The number of carbonyl (C=O) groups is 1. The van der Waals surface area contributed by atoms with Crippen molar-refractivity contribution >= 4 is 23.0 Å². The summed E-state index contributed by atoms with van der Waals surface area (Å²) in [5, 5.41) is 13.0. The number of benzene rings is 2. The maximum atomic E-state index is 12.6. The first-order valence-corrected chi connectivity index (χ1v) is 6.21. The lowest BCUT2D eigenvalue weighted by atomic mass is 10.1. The van der Waals surface area contributed by atoms with Gasteiger partial charge in [0.15, 0.2) is 0 Å². The third-order valence-corrected chi connectivity index (χ3v) is 2.94. The monoisotopic (exact) mass is 325 g/mol. The number of halogens is 3. The topological polar surface area (TPSA) is 98.3 Å². The normalized spacial score (nSPS) is 11.1. The number of nitrogen functional groups attached to an aromatic ring is 1. The molecular formula is C14H10F3N3O3. The lowest BCUT2D eigenvalue weighted by Crippen LogP contribution is -2.13. The second kappa shape index (κ2) is 5.95. The Morgan fingerprint density at radius 3 is 2.48 bits per heavy atom. The largest absolute Gasteiger partial charge is 0.416 e. The smallest absolute Gasteiger partial charge is 0.393 e. The summed E-state index contributed by atoms with van der Waals surface area (Å²) in [7, 11) is 0. The molecular weight excluding hydrogens is 315 g/mol. The molecule has 0 saturated heterocycles. The quantitative estimate of drug-likeness (QED) is 0.513. The standard InChI is InChI=1S/C14H10F3N3O3/c15-14(16,17)9-2-1-3-10(7-9)19-13(21)8-4-5-11(18)12(6-8)20(22)23/h1-7H,18H2,(H,19,21). The molecule has 3 N–H and O–H groups in total. The Kier molecular flexibility index (Phi) is 4.21. The molecule has 0 bridgehead atoms. The zero-order chi connectivity index (χ0) is 17.2. The van der Waals surface area contributed by atoms with Crippen molar-refractivity contribution in [3.8, 4) is 0 Å². The van der Waals surface area contributed by atoms with Gasteiger partial charge in [-0.05, 0) is 30.3 Å². The number of nitro groups is 1. The molecule has 0 radical (unpaired) electrons. The highest BCUT2D eigenvalue weighted by Gasteiger charge is 2.30. The lowest BCUT2D eigenvalue weighted by molar-refractivity contribution is -0.383. The number of nitrogens with zero attached hydrogens (tertiary/aromatic N) is 1. The predicted molar refractivity (Wildman–Crippen MR) is 76.9 cm³/mol. The van der Waals surface area contributed by atoms with E-state index in [2.05, 4.69) is 5.32 Å². The number of anilines is 2. The Morgan fingerprint density at radius 2 is 1.87 bits per heavy atom. The van der Waals surface area contributed by atoms with E-state index in [4.69, 9.17) is 5.73 Å². The van der Waals surface area contributed by atoms with Crippen LogP contribution in [0.3, 0.4) is 0 Å². The van der Waals surface area contributed by atoms with Gasteiger partial charge in [0, 0.05) is 17.3 Å². The number of rotatable bonds is 3. The zero-order valence-corrected chi connectivity index (χ0v) is 11.4. The third-order valence-electron chi connectivity index (χ3n) is 2.94. The van der Waals surface area contributed by atoms with E-state index in [1.165, 1.54) is 18.2 Å². The molecule has 0 aliphatic carbocycles. The fourth-order valence-corrected chi connectivity index (χ4v) is 1.82. The van der Waals surface area contributed by atoms with Crippen LogP contribution in [0, 0.1) is 10.1 Å². The molecule has 0 aliphatic rings.